The Morgan fingerprint density at radius 3 is 2.58 bits per heavy atom. The molecule has 0 radical (unpaired) electrons. The van der Waals surface area contributed by atoms with E-state index in [2.05, 4.69) is 21.0 Å². The van der Waals surface area contributed by atoms with Gasteiger partial charge in [-0.15, -0.1) is 0 Å². The van der Waals surface area contributed by atoms with Crippen LogP contribution in [0.5, 0.6) is 0 Å². The van der Waals surface area contributed by atoms with Crippen molar-refractivity contribution in [3.8, 4) is 0 Å². The summed E-state index contributed by atoms with van der Waals surface area (Å²) >= 11 is 3.09. The summed E-state index contributed by atoms with van der Waals surface area (Å²) in [5, 5.41) is 3.69. The van der Waals surface area contributed by atoms with Crippen molar-refractivity contribution in [3.63, 3.8) is 0 Å². The maximum Gasteiger partial charge on any atom is 0.390 e. The number of alkyl halides is 3. The third-order valence-electron chi connectivity index (χ3n) is 1.23. The topological polar surface area (TPSA) is 17.8 Å². The molecule has 0 aliphatic rings. The number of hydrogen-bond acceptors (Lipinski definition) is 1. The molecule has 0 amide bonds. The van der Waals surface area contributed by atoms with E-state index in [0.717, 1.165) is 0 Å². The van der Waals surface area contributed by atoms with Crippen LogP contribution in [0, 0.1) is 0 Å². The lowest BCUT2D eigenvalue weighted by molar-refractivity contribution is -0.137. The smallest absolute Gasteiger partial charge is 0.271 e. The van der Waals surface area contributed by atoms with Gasteiger partial charge in [-0.05, 0) is 15.9 Å². The lowest BCUT2D eigenvalue weighted by Gasteiger charge is -2.04. The summed E-state index contributed by atoms with van der Waals surface area (Å²) in [5.41, 5.74) is 0. The molecule has 0 aliphatic carbocycles. The van der Waals surface area contributed by atoms with Gasteiger partial charge in [0, 0.05) is 12.7 Å². The molecule has 1 aromatic rings. The van der Waals surface area contributed by atoms with Crippen molar-refractivity contribution in [1.82, 2.24) is 9.78 Å². The van der Waals surface area contributed by atoms with Gasteiger partial charge in [0.1, 0.15) is 0 Å². The van der Waals surface area contributed by atoms with Gasteiger partial charge < -0.3 is 0 Å². The Hall–Kier alpha value is -0.520. The van der Waals surface area contributed by atoms with E-state index in [1.807, 2.05) is 0 Å². The first-order valence-corrected chi connectivity index (χ1v) is 4.01. The van der Waals surface area contributed by atoms with Crippen molar-refractivity contribution in [2.24, 2.45) is 0 Å². The van der Waals surface area contributed by atoms with Gasteiger partial charge >= 0.3 is 6.18 Å². The van der Waals surface area contributed by atoms with Crippen molar-refractivity contribution < 1.29 is 13.2 Å². The molecule has 0 spiro atoms. The fourth-order valence-electron chi connectivity index (χ4n) is 0.702. The molecule has 1 heterocycles. The van der Waals surface area contributed by atoms with E-state index in [4.69, 9.17) is 0 Å². The van der Waals surface area contributed by atoms with Crippen LogP contribution in [0.4, 0.5) is 13.2 Å². The Balaban J connectivity index is 2.44. The van der Waals surface area contributed by atoms with Crippen molar-refractivity contribution >= 4 is 15.9 Å². The zero-order chi connectivity index (χ0) is 9.19. The normalized spacial score (nSPS) is 12.0. The van der Waals surface area contributed by atoms with Crippen LogP contribution in [-0.2, 0) is 6.54 Å². The van der Waals surface area contributed by atoms with Gasteiger partial charge in [0.05, 0.1) is 17.1 Å². The van der Waals surface area contributed by atoms with Crippen LogP contribution in [0.25, 0.3) is 0 Å². The highest BCUT2D eigenvalue weighted by Gasteiger charge is 2.26. The summed E-state index contributed by atoms with van der Waals surface area (Å²) in [6.07, 6.45) is -2.00. The third kappa shape index (κ3) is 3.25. The maximum absolute atomic E-state index is 11.7. The number of aromatic nitrogens is 2. The van der Waals surface area contributed by atoms with Crippen LogP contribution in [-0.4, -0.2) is 16.0 Å². The SMILES string of the molecule is FC(F)(F)CCn1cc(Br)cn1. The Labute approximate surface area is 75.5 Å². The number of rotatable bonds is 2. The van der Waals surface area contributed by atoms with E-state index >= 15 is 0 Å². The molecule has 12 heavy (non-hydrogen) atoms. The molecule has 0 atom stereocenters. The Bertz CT molecular complexity index is 256. The van der Waals surface area contributed by atoms with E-state index in [1.54, 1.807) is 0 Å². The van der Waals surface area contributed by atoms with Crippen molar-refractivity contribution in [2.45, 2.75) is 19.1 Å². The first-order valence-electron chi connectivity index (χ1n) is 3.22. The lowest BCUT2D eigenvalue weighted by atomic mass is 10.4. The molecular weight excluding hydrogens is 237 g/mol. The number of hydrogen-bond donors (Lipinski definition) is 0. The van der Waals surface area contributed by atoms with Gasteiger partial charge in [0.25, 0.3) is 0 Å². The van der Waals surface area contributed by atoms with Crippen molar-refractivity contribution in [1.29, 1.82) is 0 Å². The molecule has 0 saturated carbocycles. The van der Waals surface area contributed by atoms with E-state index in [9.17, 15) is 13.2 Å². The molecule has 0 unspecified atom stereocenters. The molecule has 68 valence electrons. The molecular formula is C6H6BrF3N2. The van der Waals surface area contributed by atoms with E-state index in [0.29, 0.717) is 4.47 Å². The molecule has 0 saturated heterocycles. The monoisotopic (exact) mass is 242 g/mol. The van der Waals surface area contributed by atoms with Gasteiger partial charge in [0.2, 0.25) is 0 Å². The standard InChI is InChI=1S/C6H6BrF3N2/c7-5-3-11-12(4-5)2-1-6(8,9)10/h3-4H,1-2H2. The maximum atomic E-state index is 11.7. The molecule has 0 N–H and O–H groups in total. The fourth-order valence-corrected chi connectivity index (χ4v) is 1.03. The molecule has 0 fully saturated rings. The second kappa shape index (κ2) is 3.47. The largest absolute Gasteiger partial charge is 0.390 e. The molecule has 6 heteroatoms. The lowest BCUT2D eigenvalue weighted by Crippen LogP contribution is -2.12. The van der Waals surface area contributed by atoms with E-state index in [-0.39, 0.29) is 6.54 Å². The van der Waals surface area contributed by atoms with Crippen LogP contribution >= 0.6 is 15.9 Å². The van der Waals surface area contributed by atoms with Crippen LogP contribution < -0.4 is 0 Å². The zero-order valence-corrected chi connectivity index (χ0v) is 7.56. The second-order valence-corrected chi connectivity index (χ2v) is 3.20. The van der Waals surface area contributed by atoms with Crippen molar-refractivity contribution in [3.05, 3.63) is 16.9 Å². The number of halogens is 4. The summed E-state index contributed by atoms with van der Waals surface area (Å²) < 4.78 is 37.0. The van der Waals surface area contributed by atoms with E-state index < -0.39 is 12.6 Å². The first kappa shape index (κ1) is 9.57. The van der Waals surface area contributed by atoms with Gasteiger partial charge in [-0.25, -0.2) is 0 Å². The minimum Gasteiger partial charge on any atom is -0.271 e. The van der Waals surface area contributed by atoms with E-state index in [1.165, 1.54) is 17.1 Å². The molecule has 0 aliphatic heterocycles. The highest BCUT2D eigenvalue weighted by molar-refractivity contribution is 9.10. The number of nitrogens with zero attached hydrogens (tertiary/aromatic N) is 2. The summed E-state index contributed by atoms with van der Waals surface area (Å²) in [7, 11) is 0. The fraction of sp³-hybridized carbons (Fsp3) is 0.500. The average Bonchev–Trinajstić information content (AvgIpc) is 2.30. The van der Waals surface area contributed by atoms with Gasteiger partial charge in [-0.1, -0.05) is 0 Å². The highest BCUT2D eigenvalue weighted by atomic mass is 79.9. The van der Waals surface area contributed by atoms with Gasteiger partial charge in [-0.2, -0.15) is 18.3 Å². The highest BCUT2D eigenvalue weighted by Crippen LogP contribution is 2.20. The summed E-state index contributed by atoms with van der Waals surface area (Å²) in [4.78, 5) is 0. The number of aryl methyl sites for hydroxylation is 1. The predicted octanol–water partition coefficient (Wildman–Crippen LogP) is 2.60. The van der Waals surface area contributed by atoms with Crippen LogP contribution in [0.3, 0.4) is 0 Å². The van der Waals surface area contributed by atoms with Crippen LogP contribution in [0.1, 0.15) is 6.42 Å². The minimum atomic E-state index is -4.11. The average molecular weight is 243 g/mol. The quantitative estimate of drug-likeness (QED) is 0.780. The third-order valence-corrected chi connectivity index (χ3v) is 1.64. The summed E-state index contributed by atoms with van der Waals surface area (Å²) in [6, 6.07) is 0. The first-order chi connectivity index (χ1) is 5.47. The predicted molar refractivity (Wildman–Crippen MR) is 40.6 cm³/mol. The molecule has 0 aromatic carbocycles. The van der Waals surface area contributed by atoms with Gasteiger partial charge in [-0.3, -0.25) is 4.68 Å². The minimum absolute atomic E-state index is 0.130. The molecule has 2 nitrogen and oxygen atoms in total. The molecule has 1 aromatic heterocycles. The van der Waals surface area contributed by atoms with Crippen molar-refractivity contribution in [2.75, 3.05) is 0 Å². The van der Waals surface area contributed by atoms with Crippen LogP contribution in [0.2, 0.25) is 0 Å². The Morgan fingerprint density at radius 2 is 2.17 bits per heavy atom. The molecule has 1 rings (SSSR count). The van der Waals surface area contributed by atoms with Gasteiger partial charge in [0.15, 0.2) is 0 Å². The Kier molecular flexibility index (Phi) is 2.76. The summed E-state index contributed by atoms with van der Waals surface area (Å²) in [6.45, 7) is -0.130. The van der Waals surface area contributed by atoms with Crippen LogP contribution in [0.15, 0.2) is 16.9 Å². The summed E-state index contributed by atoms with van der Waals surface area (Å²) in [5.74, 6) is 0. The second-order valence-electron chi connectivity index (χ2n) is 2.29. The molecule has 0 bridgehead atoms. The Morgan fingerprint density at radius 1 is 1.50 bits per heavy atom. The zero-order valence-electron chi connectivity index (χ0n) is 5.98.